The molecule has 0 radical (unpaired) electrons. The zero-order valence-corrected chi connectivity index (χ0v) is 10.2. The average molecular weight is 219 g/mol. The van der Waals surface area contributed by atoms with Crippen LogP contribution in [-0.2, 0) is 6.42 Å². The van der Waals surface area contributed by atoms with Gasteiger partial charge in [-0.05, 0) is 44.4 Å². The first kappa shape index (κ1) is 11.6. The molecule has 0 aromatic heterocycles. The highest BCUT2D eigenvalue weighted by Gasteiger charge is 2.18. The second kappa shape index (κ2) is 4.56. The lowest BCUT2D eigenvalue weighted by molar-refractivity contribution is 0.0810. The highest BCUT2D eigenvalue weighted by molar-refractivity contribution is 5.27. The summed E-state index contributed by atoms with van der Waals surface area (Å²) in [6.45, 7) is 4.83. The summed E-state index contributed by atoms with van der Waals surface area (Å²) in [5, 5.41) is 13.3. The van der Waals surface area contributed by atoms with Crippen LogP contribution in [0.1, 0.15) is 43.9 Å². The zero-order chi connectivity index (χ0) is 11.6. The Morgan fingerprint density at radius 1 is 1.44 bits per heavy atom. The number of aliphatic hydroxyl groups is 1. The number of hydrogen-bond donors (Lipinski definition) is 2. The van der Waals surface area contributed by atoms with Crippen LogP contribution in [-0.4, -0.2) is 17.3 Å². The van der Waals surface area contributed by atoms with Crippen LogP contribution in [0.15, 0.2) is 24.3 Å². The highest BCUT2D eigenvalue weighted by Crippen LogP contribution is 2.24. The fourth-order valence-electron chi connectivity index (χ4n) is 2.39. The van der Waals surface area contributed by atoms with E-state index in [0.29, 0.717) is 12.5 Å². The number of rotatable bonds is 3. The SMILES string of the molecule is CC(C)(O)Cc1cccc(C2CCCN2)c1. The molecule has 0 amide bonds. The monoisotopic (exact) mass is 219 g/mol. The molecule has 1 fully saturated rings. The second-order valence-corrected chi connectivity index (χ2v) is 5.38. The molecule has 1 saturated heterocycles. The molecule has 2 rings (SSSR count). The summed E-state index contributed by atoms with van der Waals surface area (Å²) in [7, 11) is 0. The van der Waals surface area contributed by atoms with E-state index in [-0.39, 0.29) is 0 Å². The lowest BCUT2D eigenvalue weighted by atomic mass is 9.95. The largest absolute Gasteiger partial charge is 0.390 e. The molecule has 1 aromatic carbocycles. The quantitative estimate of drug-likeness (QED) is 0.818. The highest BCUT2D eigenvalue weighted by atomic mass is 16.3. The van der Waals surface area contributed by atoms with E-state index in [1.54, 1.807) is 0 Å². The van der Waals surface area contributed by atoms with Crippen LogP contribution in [0.5, 0.6) is 0 Å². The van der Waals surface area contributed by atoms with Gasteiger partial charge in [-0.15, -0.1) is 0 Å². The minimum atomic E-state index is -0.623. The van der Waals surface area contributed by atoms with Gasteiger partial charge in [-0.3, -0.25) is 0 Å². The number of nitrogens with one attached hydrogen (secondary N) is 1. The van der Waals surface area contributed by atoms with Crippen molar-refractivity contribution in [3.05, 3.63) is 35.4 Å². The molecule has 1 aromatic rings. The molecule has 1 aliphatic rings. The van der Waals surface area contributed by atoms with E-state index >= 15 is 0 Å². The topological polar surface area (TPSA) is 32.3 Å². The Bertz CT molecular complexity index is 348. The third kappa shape index (κ3) is 3.06. The smallest absolute Gasteiger partial charge is 0.0631 e. The van der Waals surface area contributed by atoms with Crippen molar-refractivity contribution >= 4 is 0 Å². The molecule has 16 heavy (non-hydrogen) atoms. The molecule has 2 nitrogen and oxygen atoms in total. The van der Waals surface area contributed by atoms with Crippen molar-refractivity contribution in [3.63, 3.8) is 0 Å². The molecule has 1 aliphatic heterocycles. The van der Waals surface area contributed by atoms with Gasteiger partial charge >= 0.3 is 0 Å². The van der Waals surface area contributed by atoms with E-state index in [0.717, 1.165) is 6.54 Å². The van der Waals surface area contributed by atoms with Crippen molar-refractivity contribution < 1.29 is 5.11 Å². The first-order valence-corrected chi connectivity index (χ1v) is 6.09. The fourth-order valence-corrected chi connectivity index (χ4v) is 2.39. The molecule has 1 heterocycles. The van der Waals surface area contributed by atoms with Gasteiger partial charge in [0.15, 0.2) is 0 Å². The zero-order valence-electron chi connectivity index (χ0n) is 10.2. The fraction of sp³-hybridized carbons (Fsp3) is 0.571. The average Bonchev–Trinajstić information content (AvgIpc) is 2.68. The van der Waals surface area contributed by atoms with Crippen LogP contribution < -0.4 is 5.32 Å². The summed E-state index contributed by atoms with van der Waals surface area (Å²) in [6, 6.07) is 9.10. The summed E-state index contributed by atoms with van der Waals surface area (Å²) in [5.74, 6) is 0. The Morgan fingerprint density at radius 3 is 2.88 bits per heavy atom. The Balaban J connectivity index is 2.12. The summed E-state index contributed by atoms with van der Waals surface area (Å²) in [5.41, 5.74) is 1.96. The van der Waals surface area contributed by atoms with Crippen LogP contribution in [0.4, 0.5) is 0 Å². The van der Waals surface area contributed by atoms with Crippen LogP contribution in [0.2, 0.25) is 0 Å². The molecule has 88 valence electrons. The third-order valence-electron chi connectivity index (χ3n) is 3.05. The van der Waals surface area contributed by atoms with E-state index in [9.17, 15) is 5.11 Å². The Kier molecular flexibility index (Phi) is 3.31. The van der Waals surface area contributed by atoms with Crippen molar-refractivity contribution in [1.82, 2.24) is 5.32 Å². The van der Waals surface area contributed by atoms with Crippen LogP contribution in [0.25, 0.3) is 0 Å². The van der Waals surface area contributed by atoms with E-state index in [1.165, 1.54) is 24.0 Å². The molecule has 2 N–H and O–H groups in total. The van der Waals surface area contributed by atoms with Gasteiger partial charge in [-0.2, -0.15) is 0 Å². The van der Waals surface area contributed by atoms with Gasteiger partial charge < -0.3 is 10.4 Å². The molecule has 1 unspecified atom stereocenters. The first-order valence-electron chi connectivity index (χ1n) is 6.09. The van der Waals surface area contributed by atoms with Crippen molar-refractivity contribution in [2.45, 2.75) is 44.8 Å². The molecule has 0 bridgehead atoms. The van der Waals surface area contributed by atoms with Crippen LogP contribution >= 0.6 is 0 Å². The standard InChI is InChI=1S/C14H21NO/c1-14(2,16)10-11-5-3-6-12(9-11)13-7-4-8-15-13/h3,5-6,9,13,15-16H,4,7-8,10H2,1-2H3. The second-order valence-electron chi connectivity index (χ2n) is 5.38. The lowest BCUT2D eigenvalue weighted by Crippen LogP contribution is -2.22. The van der Waals surface area contributed by atoms with Gasteiger partial charge in [-0.1, -0.05) is 24.3 Å². The summed E-state index contributed by atoms with van der Waals surface area (Å²) < 4.78 is 0. The maximum Gasteiger partial charge on any atom is 0.0631 e. The minimum Gasteiger partial charge on any atom is -0.390 e. The third-order valence-corrected chi connectivity index (χ3v) is 3.05. The Morgan fingerprint density at radius 2 is 2.25 bits per heavy atom. The van der Waals surface area contributed by atoms with Crippen LogP contribution in [0, 0.1) is 0 Å². The summed E-state index contributed by atoms with van der Waals surface area (Å²) in [4.78, 5) is 0. The summed E-state index contributed by atoms with van der Waals surface area (Å²) >= 11 is 0. The predicted molar refractivity (Wildman–Crippen MR) is 66.4 cm³/mol. The molecule has 1 atom stereocenters. The van der Waals surface area contributed by atoms with Gasteiger partial charge in [0.2, 0.25) is 0 Å². The van der Waals surface area contributed by atoms with Crippen molar-refractivity contribution in [2.75, 3.05) is 6.54 Å². The van der Waals surface area contributed by atoms with Crippen molar-refractivity contribution in [2.24, 2.45) is 0 Å². The molecular formula is C14H21NO. The maximum atomic E-state index is 9.81. The Labute approximate surface area is 97.7 Å². The normalized spacial score (nSPS) is 21.3. The first-order chi connectivity index (χ1) is 7.54. The molecular weight excluding hydrogens is 198 g/mol. The van der Waals surface area contributed by atoms with Gasteiger partial charge in [0, 0.05) is 12.5 Å². The Hall–Kier alpha value is -0.860. The van der Waals surface area contributed by atoms with Crippen LogP contribution in [0.3, 0.4) is 0 Å². The van der Waals surface area contributed by atoms with Crippen molar-refractivity contribution in [1.29, 1.82) is 0 Å². The number of benzene rings is 1. The maximum absolute atomic E-state index is 9.81. The van der Waals surface area contributed by atoms with Gasteiger partial charge in [0.1, 0.15) is 0 Å². The number of hydrogen-bond acceptors (Lipinski definition) is 2. The van der Waals surface area contributed by atoms with E-state index in [4.69, 9.17) is 0 Å². The lowest BCUT2D eigenvalue weighted by Gasteiger charge is -2.18. The van der Waals surface area contributed by atoms with Gasteiger partial charge in [0.25, 0.3) is 0 Å². The molecule has 0 spiro atoms. The van der Waals surface area contributed by atoms with Gasteiger partial charge in [-0.25, -0.2) is 0 Å². The molecule has 2 heteroatoms. The van der Waals surface area contributed by atoms with E-state index in [2.05, 4.69) is 29.6 Å². The molecule has 0 aliphatic carbocycles. The predicted octanol–water partition coefficient (Wildman–Crippen LogP) is 2.42. The van der Waals surface area contributed by atoms with Gasteiger partial charge in [0.05, 0.1) is 5.60 Å². The van der Waals surface area contributed by atoms with E-state index < -0.39 is 5.60 Å². The summed E-state index contributed by atoms with van der Waals surface area (Å²) in [6.07, 6.45) is 3.21. The minimum absolute atomic E-state index is 0.516. The van der Waals surface area contributed by atoms with E-state index in [1.807, 2.05) is 13.8 Å². The van der Waals surface area contributed by atoms with Crippen molar-refractivity contribution in [3.8, 4) is 0 Å². The molecule has 0 saturated carbocycles.